The van der Waals surface area contributed by atoms with Crippen LogP contribution in [0.15, 0.2) is 15.8 Å². The Morgan fingerprint density at radius 3 is 2.37 bits per heavy atom. The van der Waals surface area contributed by atoms with Crippen molar-refractivity contribution in [3.63, 3.8) is 0 Å². The Bertz CT molecular complexity index is 718. The van der Waals surface area contributed by atoms with Crippen LogP contribution in [0.2, 0.25) is 0 Å². The van der Waals surface area contributed by atoms with Crippen LogP contribution in [0.1, 0.15) is 72.3 Å². The van der Waals surface area contributed by atoms with Crippen molar-refractivity contribution >= 4 is 5.97 Å². The van der Waals surface area contributed by atoms with Gasteiger partial charge in [-0.3, -0.25) is 14.2 Å². The average molecular weight is 381 g/mol. The van der Waals surface area contributed by atoms with Crippen molar-refractivity contribution < 1.29 is 9.53 Å². The molecule has 0 aliphatic rings. The predicted octanol–water partition coefficient (Wildman–Crippen LogP) is 3.66. The van der Waals surface area contributed by atoms with E-state index in [4.69, 9.17) is 4.74 Å². The number of nitrogens with one attached hydrogen (secondary N) is 1. The first-order valence-corrected chi connectivity index (χ1v) is 10.1. The normalized spacial score (nSPS) is 13.8. The highest BCUT2D eigenvalue weighted by atomic mass is 16.5. The fourth-order valence-corrected chi connectivity index (χ4v) is 3.28. The number of nitrogens with zero attached hydrogens (tertiary/aromatic N) is 1. The molecule has 6 heteroatoms. The quantitative estimate of drug-likeness (QED) is 0.469. The van der Waals surface area contributed by atoms with E-state index in [0.29, 0.717) is 24.6 Å². The lowest BCUT2D eigenvalue weighted by Crippen LogP contribution is -2.36. The number of aromatic amines is 1. The van der Waals surface area contributed by atoms with E-state index in [-0.39, 0.29) is 23.1 Å². The second-order valence-corrected chi connectivity index (χ2v) is 8.45. The van der Waals surface area contributed by atoms with Gasteiger partial charge in [-0.1, -0.05) is 34.1 Å². The van der Waals surface area contributed by atoms with Crippen LogP contribution in [0.5, 0.6) is 0 Å². The van der Waals surface area contributed by atoms with Crippen LogP contribution >= 0.6 is 0 Å². The summed E-state index contributed by atoms with van der Waals surface area (Å²) in [7, 11) is 0. The minimum absolute atomic E-state index is 0.107. The first-order chi connectivity index (χ1) is 12.6. The Morgan fingerprint density at radius 2 is 1.78 bits per heavy atom. The van der Waals surface area contributed by atoms with Crippen molar-refractivity contribution in [2.75, 3.05) is 6.61 Å². The SMILES string of the molecule is Cc1c[nH]c(=O)n(CCCCCCOC(=O)C(C)(CC(C)C)C(C)C)c1=O. The molecule has 0 radical (unpaired) electrons. The molecule has 0 amide bonds. The van der Waals surface area contributed by atoms with Gasteiger partial charge in [0.05, 0.1) is 12.0 Å². The summed E-state index contributed by atoms with van der Waals surface area (Å²) < 4.78 is 6.78. The molecule has 0 fully saturated rings. The van der Waals surface area contributed by atoms with Crippen LogP contribution < -0.4 is 11.2 Å². The zero-order valence-corrected chi connectivity index (χ0v) is 17.8. The lowest BCUT2D eigenvalue weighted by Gasteiger charge is -2.32. The number of H-pyrrole nitrogens is 1. The van der Waals surface area contributed by atoms with Crippen LogP contribution in [-0.4, -0.2) is 22.1 Å². The van der Waals surface area contributed by atoms with E-state index in [2.05, 4.69) is 32.7 Å². The number of ether oxygens (including phenoxy) is 1. The summed E-state index contributed by atoms with van der Waals surface area (Å²) in [6, 6.07) is 0. The van der Waals surface area contributed by atoms with E-state index in [0.717, 1.165) is 32.1 Å². The first-order valence-electron chi connectivity index (χ1n) is 10.1. The van der Waals surface area contributed by atoms with Crippen molar-refractivity contribution in [2.45, 2.75) is 80.2 Å². The van der Waals surface area contributed by atoms with E-state index in [1.807, 2.05) is 6.92 Å². The molecule has 0 saturated heterocycles. The topological polar surface area (TPSA) is 81.2 Å². The van der Waals surface area contributed by atoms with Crippen LogP contribution in [0.3, 0.4) is 0 Å². The number of hydrogen-bond donors (Lipinski definition) is 1. The standard InChI is InChI=1S/C21H36N2O4/c1-15(2)13-21(6,16(3)4)19(25)27-12-10-8-7-9-11-23-18(24)17(5)14-22-20(23)26/h14-16H,7-13H2,1-6H3,(H,22,26). The Labute approximate surface area is 162 Å². The summed E-state index contributed by atoms with van der Waals surface area (Å²) in [4.78, 5) is 38.7. The van der Waals surface area contributed by atoms with Gasteiger partial charge in [0, 0.05) is 18.3 Å². The molecule has 0 aromatic carbocycles. The molecule has 1 N–H and O–H groups in total. The Balaban J connectivity index is 2.35. The maximum Gasteiger partial charge on any atom is 0.328 e. The second kappa shape index (κ2) is 10.5. The van der Waals surface area contributed by atoms with Gasteiger partial charge in [-0.25, -0.2) is 4.79 Å². The number of carbonyl (C=O) groups is 1. The van der Waals surface area contributed by atoms with Gasteiger partial charge >= 0.3 is 11.7 Å². The van der Waals surface area contributed by atoms with Crippen LogP contribution in [-0.2, 0) is 16.1 Å². The lowest BCUT2D eigenvalue weighted by molar-refractivity contribution is -0.159. The molecule has 0 bridgehead atoms. The molecular formula is C21H36N2O4. The Hall–Kier alpha value is -1.85. The Kier molecular flexibility index (Phi) is 9.00. The van der Waals surface area contributed by atoms with Crippen molar-refractivity contribution in [3.05, 3.63) is 32.6 Å². The maximum atomic E-state index is 12.5. The zero-order chi connectivity index (χ0) is 20.6. The molecule has 6 nitrogen and oxygen atoms in total. The molecule has 1 atom stereocenters. The molecule has 1 aromatic heterocycles. The molecule has 1 rings (SSSR count). The monoisotopic (exact) mass is 380 g/mol. The molecule has 0 spiro atoms. The summed E-state index contributed by atoms with van der Waals surface area (Å²) in [5.74, 6) is 0.570. The fraction of sp³-hybridized carbons (Fsp3) is 0.762. The number of hydrogen-bond acceptors (Lipinski definition) is 4. The smallest absolute Gasteiger partial charge is 0.328 e. The van der Waals surface area contributed by atoms with Crippen molar-refractivity contribution in [1.82, 2.24) is 9.55 Å². The third kappa shape index (κ3) is 6.67. The molecule has 0 aliphatic heterocycles. The molecule has 154 valence electrons. The van der Waals surface area contributed by atoms with Gasteiger partial charge in [0.15, 0.2) is 0 Å². The lowest BCUT2D eigenvalue weighted by atomic mass is 9.73. The summed E-state index contributed by atoms with van der Waals surface area (Å²) in [5.41, 5.74) is -0.499. The Morgan fingerprint density at radius 1 is 1.15 bits per heavy atom. The van der Waals surface area contributed by atoms with Crippen molar-refractivity contribution in [1.29, 1.82) is 0 Å². The number of carbonyl (C=O) groups excluding carboxylic acids is 1. The predicted molar refractivity (Wildman–Crippen MR) is 108 cm³/mol. The van der Waals surface area contributed by atoms with Gasteiger partial charge in [0.1, 0.15) is 0 Å². The van der Waals surface area contributed by atoms with E-state index in [9.17, 15) is 14.4 Å². The average Bonchev–Trinajstić information content (AvgIpc) is 2.58. The molecule has 1 unspecified atom stereocenters. The number of aromatic nitrogens is 2. The van der Waals surface area contributed by atoms with Gasteiger partial charge in [-0.15, -0.1) is 0 Å². The molecular weight excluding hydrogens is 344 g/mol. The third-order valence-electron chi connectivity index (χ3n) is 5.32. The van der Waals surface area contributed by atoms with Crippen LogP contribution in [0.25, 0.3) is 0 Å². The number of rotatable bonds is 11. The summed E-state index contributed by atoms with van der Waals surface area (Å²) >= 11 is 0. The van der Waals surface area contributed by atoms with Gasteiger partial charge in [-0.2, -0.15) is 0 Å². The van der Waals surface area contributed by atoms with Crippen LogP contribution in [0, 0.1) is 24.2 Å². The van der Waals surface area contributed by atoms with Gasteiger partial charge in [-0.05, 0) is 51.4 Å². The van der Waals surface area contributed by atoms with Gasteiger partial charge in [0.2, 0.25) is 0 Å². The zero-order valence-electron chi connectivity index (χ0n) is 17.8. The van der Waals surface area contributed by atoms with Gasteiger partial charge < -0.3 is 9.72 Å². The molecule has 27 heavy (non-hydrogen) atoms. The third-order valence-corrected chi connectivity index (χ3v) is 5.32. The van der Waals surface area contributed by atoms with Crippen LogP contribution in [0.4, 0.5) is 0 Å². The summed E-state index contributed by atoms with van der Waals surface area (Å²) in [5, 5.41) is 0. The second-order valence-electron chi connectivity index (χ2n) is 8.45. The molecule has 1 aromatic rings. The minimum atomic E-state index is -0.443. The highest BCUT2D eigenvalue weighted by molar-refractivity contribution is 5.76. The van der Waals surface area contributed by atoms with E-state index < -0.39 is 5.41 Å². The highest BCUT2D eigenvalue weighted by Gasteiger charge is 2.38. The van der Waals surface area contributed by atoms with E-state index in [1.165, 1.54) is 10.8 Å². The first kappa shape index (κ1) is 23.2. The van der Waals surface area contributed by atoms with Crippen molar-refractivity contribution in [2.24, 2.45) is 17.3 Å². The minimum Gasteiger partial charge on any atom is -0.465 e. The van der Waals surface area contributed by atoms with E-state index >= 15 is 0 Å². The fourth-order valence-electron chi connectivity index (χ4n) is 3.28. The van der Waals surface area contributed by atoms with E-state index in [1.54, 1.807) is 6.92 Å². The highest BCUT2D eigenvalue weighted by Crippen LogP contribution is 2.35. The molecule has 0 saturated carbocycles. The molecule has 0 aliphatic carbocycles. The largest absolute Gasteiger partial charge is 0.465 e. The van der Waals surface area contributed by atoms with Crippen molar-refractivity contribution in [3.8, 4) is 0 Å². The maximum absolute atomic E-state index is 12.5. The summed E-state index contributed by atoms with van der Waals surface area (Å²) in [6.07, 6.45) is 5.58. The van der Waals surface area contributed by atoms with Gasteiger partial charge in [0.25, 0.3) is 5.56 Å². The number of aryl methyl sites for hydroxylation is 1. The summed E-state index contributed by atoms with van der Waals surface area (Å²) in [6.45, 7) is 12.9. The number of esters is 1. The molecule has 1 heterocycles. The number of unbranched alkanes of at least 4 members (excludes halogenated alkanes) is 3.